The Morgan fingerprint density at radius 3 is 2.26 bits per heavy atom. The highest BCUT2D eigenvalue weighted by molar-refractivity contribution is 6.04. The highest BCUT2D eigenvalue weighted by atomic mass is 16.1. The van der Waals surface area contributed by atoms with Gasteiger partial charge in [-0.3, -0.25) is 9.78 Å². The number of rotatable bonds is 6. The second-order valence-electron chi connectivity index (χ2n) is 7.99. The lowest BCUT2D eigenvalue weighted by Crippen LogP contribution is -2.11. The summed E-state index contributed by atoms with van der Waals surface area (Å²) in [5.74, 6) is 0.610. The zero-order valence-corrected chi connectivity index (χ0v) is 19.0. The fourth-order valence-corrected chi connectivity index (χ4v) is 3.71. The summed E-state index contributed by atoms with van der Waals surface area (Å²) in [5.41, 5.74) is 11.3. The fraction of sp³-hybridized carbons (Fsp3) is 0.0370. The number of anilines is 6. The first-order chi connectivity index (χ1) is 17.0. The molecule has 0 bridgehead atoms. The van der Waals surface area contributed by atoms with Gasteiger partial charge in [0.15, 0.2) is 0 Å². The van der Waals surface area contributed by atoms with Crippen LogP contribution in [0.3, 0.4) is 0 Å². The predicted octanol–water partition coefficient (Wildman–Crippen LogP) is 5.65. The zero-order chi connectivity index (χ0) is 24.2. The van der Waals surface area contributed by atoms with E-state index < -0.39 is 0 Å². The number of carbonyl (C=O) groups excluding carboxylic acids is 1. The maximum absolute atomic E-state index is 12.7. The van der Waals surface area contributed by atoms with Crippen LogP contribution in [-0.4, -0.2) is 20.9 Å². The lowest BCUT2D eigenvalue weighted by Gasteiger charge is -2.11. The molecule has 8 nitrogen and oxygen atoms in total. The van der Waals surface area contributed by atoms with Crippen LogP contribution in [0.1, 0.15) is 16.1 Å². The second-order valence-corrected chi connectivity index (χ2v) is 7.99. The summed E-state index contributed by atoms with van der Waals surface area (Å²) in [5, 5.41) is 10.6. The van der Waals surface area contributed by atoms with E-state index in [0.717, 1.165) is 33.7 Å². The third kappa shape index (κ3) is 5.17. The molecule has 0 atom stereocenters. The fourth-order valence-electron chi connectivity index (χ4n) is 3.71. The third-order valence-corrected chi connectivity index (χ3v) is 5.36. The molecule has 2 aromatic heterocycles. The minimum atomic E-state index is -0.195. The molecular weight excluding hydrogens is 438 g/mol. The van der Waals surface area contributed by atoms with Crippen molar-refractivity contribution in [2.75, 3.05) is 21.7 Å². The molecule has 5 N–H and O–H groups in total. The number of hydrogen-bond acceptors (Lipinski definition) is 7. The van der Waals surface area contributed by atoms with Gasteiger partial charge in [0.1, 0.15) is 5.82 Å². The summed E-state index contributed by atoms with van der Waals surface area (Å²) in [6.45, 7) is 1.85. The summed E-state index contributed by atoms with van der Waals surface area (Å²) in [6.07, 6.45) is 1.78. The highest BCUT2D eigenvalue weighted by Crippen LogP contribution is 2.26. The van der Waals surface area contributed by atoms with Gasteiger partial charge < -0.3 is 21.7 Å². The van der Waals surface area contributed by atoms with Crippen LogP contribution < -0.4 is 21.7 Å². The first-order valence-corrected chi connectivity index (χ1v) is 11.0. The van der Waals surface area contributed by atoms with E-state index in [1.54, 1.807) is 24.4 Å². The number of nitrogens with one attached hydrogen (secondary N) is 3. The number of para-hydroxylation sites is 1. The standard InChI is InChI=1S/C27H23N7O/c1-17-16-25(34-27(28)30-17)32-20-8-6-18(7-9-20)26(35)33-21-12-10-19(11-13-21)31-24-14-15-29-23-5-3-2-4-22(23)24/h2-16H,1H3,(H,29,31)(H,33,35)(H3,28,30,32,34). The van der Waals surface area contributed by atoms with Gasteiger partial charge in [-0.25, -0.2) is 4.98 Å². The van der Waals surface area contributed by atoms with Crippen LogP contribution in [0.2, 0.25) is 0 Å². The predicted molar refractivity (Wildman–Crippen MR) is 140 cm³/mol. The molecule has 0 saturated heterocycles. The molecule has 35 heavy (non-hydrogen) atoms. The van der Waals surface area contributed by atoms with Gasteiger partial charge in [-0.1, -0.05) is 18.2 Å². The number of amides is 1. The number of aromatic nitrogens is 3. The summed E-state index contributed by atoms with van der Waals surface area (Å²) >= 11 is 0. The summed E-state index contributed by atoms with van der Waals surface area (Å²) in [4.78, 5) is 25.3. The van der Waals surface area contributed by atoms with Crippen LogP contribution in [0.4, 0.5) is 34.5 Å². The Morgan fingerprint density at radius 2 is 1.49 bits per heavy atom. The largest absolute Gasteiger partial charge is 0.368 e. The van der Waals surface area contributed by atoms with Crippen molar-refractivity contribution in [1.29, 1.82) is 0 Å². The summed E-state index contributed by atoms with van der Waals surface area (Å²) < 4.78 is 0. The summed E-state index contributed by atoms with van der Waals surface area (Å²) in [6, 6.07) is 26.4. The molecule has 0 aliphatic rings. The number of aryl methyl sites for hydroxylation is 1. The Bertz CT molecular complexity index is 1470. The average molecular weight is 462 g/mol. The van der Waals surface area contributed by atoms with E-state index in [-0.39, 0.29) is 11.9 Å². The van der Waals surface area contributed by atoms with Gasteiger partial charge in [-0.05, 0) is 67.6 Å². The molecule has 5 aromatic rings. The van der Waals surface area contributed by atoms with E-state index >= 15 is 0 Å². The van der Waals surface area contributed by atoms with Crippen LogP contribution in [0.15, 0.2) is 91.1 Å². The van der Waals surface area contributed by atoms with Gasteiger partial charge in [-0.2, -0.15) is 4.98 Å². The van der Waals surface area contributed by atoms with Crippen molar-refractivity contribution in [2.45, 2.75) is 6.92 Å². The monoisotopic (exact) mass is 461 g/mol. The zero-order valence-electron chi connectivity index (χ0n) is 19.0. The molecule has 5 rings (SSSR count). The van der Waals surface area contributed by atoms with Gasteiger partial charge in [0.25, 0.3) is 5.91 Å². The molecule has 0 radical (unpaired) electrons. The highest BCUT2D eigenvalue weighted by Gasteiger charge is 2.08. The van der Waals surface area contributed by atoms with E-state index in [2.05, 4.69) is 30.9 Å². The molecule has 8 heteroatoms. The molecule has 0 unspecified atom stereocenters. The van der Waals surface area contributed by atoms with Crippen LogP contribution in [0.5, 0.6) is 0 Å². The van der Waals surface area contributed by atoms with E-state index in [0.29, 0.717) is 17.1 Å². The Kier molecular flexibility index (Phi) is 5.92. The van der Waals surface area contributed by atoms with Crippen LogP contribution in [-0.2, 0) is 0 Å². The number of benzene rings is 3. The van der Waals surface area contributed by atoms with Gasteiger partial charge in [-0.15, -0.1) is 0 Å². The van der Waals surface area contributed by atoms with E-state index in [1.807, 2.05) is 73.7 Å². The minimum Gasteiger partial charge on any atom is -0.368 e. The molecule has 2 heterocycles. The van der Waals surface area contributed by atoms with Gasteiger partial charge in [0.2, 0.25) is 5.95 Å². The minimum absolute atomic E-state index is 0.195. The lowest BCUT2D eigenvalue weighted by molar-refractivity contribution is 0.102. The Balaban J connectivity index is 1.23. The molecule has 172 valence electrons. The van der Waals surface area contributed by atoms with Gasteiger partial charge >= 0.3 is 0 Å². The van der Waals surface area contributed by atoms with Crippen molar-refractivity contribution < 1.29 is 4.79 Å². The average Bonchev–Trinajstić information content (AvgIpc) is 2.85. The molecule has 3 aromatic carbocycles. The van der Waals surface area contributed by atoms with Crippen molar-refractivity contribution in [3.63, 3.8) is 0 Å². The Morgan fingerprint density at radius 1 is 0.800 bits per heavy atom. The number of carbonyl (C=O) groups is 1. The van der Waals surface area contributed by atoms with E-state index in [1.165, 1.54) is 0 Å². The first-order valence-electron chi connectivity index (χ1n) is 11.0. The van der Waals surface area contributed by atoms with Gasteiger partial charge in [0.05, 0.1) is 5.52 Å². The van der Waals surface area contributed by atoms with Crippen molar-refractivity contribution in [1.82, 2.24) is 15.0 Å². The molecule has 0 aliphatic heterocycles. The third-order valence-electron chi connectivity index (χ3n) is 5.36. The molecule has 0 saturated carbocycles. The molecule has 1 amide bonds. The Hall–Kier alpha value is -4.98. The number of nitrogens with zero attached hydrogens (tertiary/aromatic N) is 3. The topological polar surface area (TPSA) is 118 Å². The maximum atomic E-state index is 12.7. The maximum Gasteiger partial charge on any atom is 0.255 e. The Labute approximate surface area is 202 Å². The van der Waals surface area contributed by atoms with Gasteiger partial charge in [0, 0.05) is 51.7 Å². The molecule has 0 aliphatic carbocycles. The first kappa shape index (κ1) is 21.8. The van der Waals surface area contributed by atoms with E-state index in [9.17, 15) is 4.79 Å². The quantitative estimate of drug-likeness (QED) is 0.258. The lowest BCUT2D eigenvalue weighted by atomic mass is 10.1. The number of hydrogen-bond donors (Lipinski definition) is 4. The van der Waals surface area contributed by atoms with Crippen molar-refractivity contribution >= 4 is 51.3 Å². The van der Waals surface area contributed by atoms with Crippen LogP contribution in [0, 0.1) is 6.92 Å². The summed E-state index contributed by atoms with van der Waals surface area (Å²) in [7, 11) is 0. The molecule has 0 fully saturated rings. The number of pyridine rings is 1. The van der Waals surface area contributed by atoms with E-state index in [4.69, 9.17) is 5.73 Å². The number of nitrogens with two attached hydrogens (primary N) is 1. The number of nitrogen functional groups attached to an aromatic ring is 1. The van der Waals surface area contributed by atoms with Crippen molar-refractivity contribution in [3.05, 3.63) is 102 Å². The molecular formula is C27H23N7O. The second kappa shape index (κ2) is 9.48. The SMILES string of the molecule is Cc1cc(Nc2ccc(C(=O)Nc3ccc(Nc4ccnc5ccccc45)cc3)cc2)nc(N)n1. The van der Waals surface area contributed by atoms with Crippen LogP contribution >= 0.6 is 0 Å². The van der Waals surface area contributed by atoms with Crippen LogP contribution in [0.25, 0.3) is 10.9 Å². The smallest absolute Gasteiger partial charge is 0.255 e. The van der Waals surface area contributed by atoms with Crippen molar-refractivity contribution in [2.24, 2.45) is 0 Å². The number of fused-ring (bicyclic) bond motifs is 1. The van der Waals surface area contributed by atoms with Crippen molar-refractivity contribution in [3.8, 4) is 0 Å². The molecule has 0 spiro atoms. The normalized spacial score (nSPS) is 10.7.